The zero-order valence-corrected chi connectivity index (χ0v) is 12.2. The second kappa shape index (κ2) is 5.05. The molecule has 0 saturated carbocycles. The lowest BCUT2D eigenvalue weighted by Crippen LogP contribution is -2.20. The summed E-state index contributed by atoms with van der Waals surface area (Å²) in [5.74, 6) is 1.08. The topological polar surface area (TPSA) is 60.4 Å². The molecule has 0 spiro atoms. The van der Waals surface area contributed by atoms with Crippen molar-refractivity contribution >= 4 is 33.0 Å². The second-order valence-corrected chi connectivity index (χ2v) is 4.96. The van der Waals surface area contributed by atoms with Crippen LogP contribution in [0.3, 0.4) is 0 Å². The smallest absolute Gasteiger partial charge is 0.282 e. The highest BCUT2D eigenvalue weighted by Gasteiger charge is 2.06. The summed E-state index contributed by atoms with van der Waals surface area (Å²) < 4.78 is 7.18. The quantitative estimate of drug-likeness (QED) is 0.678. The maximum Gasteiger partial charge on any atom is 0.282 e. The summed E-state index contributed by atoms with van der Waals surface area (Å²) in [5, 5.41) is 4.68. The summed E-state index contributed by atoms with van der Waals surface area (Å²) in [6, 6.07) is 10.7. The fourth-order valence-corrected chi connectivity index (χ4v) is 2.20. The van der Waals surface area contributed by atoms with Crippen LogP contribution in [0.4, 0.5) is 0 Å². The van der Waals surface area contributed by atoms with Crippen molar-refractivity contribution in [2.24, 2.45) is 5.10 Å². The van der Waals surface area contributed by atoms with Gasteiger partial charge in [0.15, 0.2) is 4.67 Å². The van der Waals surface area contributed by atoms with Gasteiger partial charge in [0.25, 0.3) is 5.56 Å². The molecule has 0 aliphatic heterocycles. The molecule has 0 atom stereocenters. The Morgan fingerprint density at radius 1 is 1.30 bits per heavy atom. The number of benzene rings is 1. The molecule has 20 heavy (non-hydrogen) atoms. The summed E-state index contributed by atoms with van der Waals surface area (Å²) in [6.45, 7) is 1.74. The molecular weight excluding hydrogens is 322 g/mol. The van der Waals surface area contributed by atoms with Crippen LogP contribution >= 0.6 is 15.9 Å². The Hall–Kier alpha value is -2.21. The van der Waals surface area contributed by atoms with Crippen molar-refractivity contribution in [1.29, 1.82) is 0 Å². The summed E-state index contributed by atoms with van der Waals surface area (Å²) in [7, 11) is 0. The van der Waals surface area contributed by atoms with E-state index in [1.807, 2.05) is 6.07 Å². The Labute approximate surface area is 122 Å². The van der Waals surface area contributed by atoms with Gasteiger partial charge in [-0.05, 0) is 47.1 Å². The van der Waals surface area contributed by atoms with Crippen LogP contribution in [0.2, 0.25) is 0 Å². The van der Waals surface area contributed by atoms with Crippen molar-refractivity contribution in [2.75, 3.05) is 0 Å². The van der Waals surface area contributed by atoms with Crippen molar-refractivity contribution in [1.82, 2.24) is 9.66 Å². The number of para-hydroxylation sites is 1. The van der Waals surface area contributed by atoms with E-state index in [0.29, 0.717) is 27.2 Å². The lowest BCUT2D eigenvalue weighted by molar-refractivity contribution is 0.533. The number of halogens is 1. The van der Waals surface area contributed by atoms with Crippen LogP contribution in [-0.4, -0.2) is 15.9 Å². The Balaban J connectivity index is 2.12. The third-order valence-corrected chi connectivity index (χ3v) is 3.24. The van der Waals surface area contributed by atoms with Gasteiger partial charge in [-0.2, -0.15) is 9.78 Å². The summed E-state index contributed by atoms with van der Waals surface area (Å²) in [4.78, 5) is 16.7. The molecule has 0 aliphatic carbocycles. The van der Waals surface area contributed by atoms with Crippen LogP contribution in [-0.2, 0) is 0 Å². The van der Waals surface area contributed by atoms with Gasteiger partial charge >= 0.3 is 0 Å². The van der Waals surface area contributed by atoms with Crippen LogP contribution in [0.5, 0.6) is 0 Å². The van der Waals surface area contributed by atoms with Crippen LogP contribution in [0.25, 0.3) is 10.9 Å². The van der Waals surface area contributed by atoms with E-state index < -0.39 is 0 Å². The molecule has 0 fully saturated rings. The van der Waals surface area contributed by atoms with Crippen molar-refractivity contribution in [3.63, 3.8) is 0 Å². The fraction of sp³-hybridized carbons (Fsp3) is 0.0714. The van der Waals surface area contributed by atoms with Crippen LogP contribution in [0.15, 0.2) is 55.4 Å². The largest absolute Gasteiger partial charge is 0.448 e. The average molecular weight is 332 g/mol. The Morgan fingerprint density at radius 3 is 2.85 bits per heavy atom. The Morgan fingerprint density at radius 2 is 2.10 bits per heavy atom. The molecule has 0 radical (unpaired) electrons. The first-order valence-electron chi connectivity index (χ1n) is 5.93. The summed E-state index contributed by atoms with van der Waals surface area (Å²) in [5.41, 5.74) is 0.470. The molecule has 0 saturated heterocycles. The predicted octanol–water partition coefficient (Wildman–Crippen LogP) is 2.94. The van der Waals surface area contributed by atoms with Gasteiger partial charge in [0.2, 0.25) is 0 Å². The van der Waals surface area contributed by atoms with Gasteiger partial charge in [0, 0.05) is 0 Å². The molecule has 0 amide bonds. The number of hydrogen-bond acceptors (Lipinski definition) is 4. The minimum absolute atomic E-state index is 0.199. The van der Waals surface area contributed by atoms with Crippen LogP contribution < -0.4 is 5.56 Å². The zero-order chi connectivity index (χ0) is 14.1. The maximum absolute atomic E-state index is 12.3. The lowest BCUT2D eigenvalue weighted by Gasteiger charge is -2.04. The normalized spacial score (nSPS) is 11.5. The van der Waals surface area contributed by atoms with E-state index in [4.69, 9.17) is 4.42 Å². The summed E-state index contributed by atoms with van der Waals surface area (Å²) in [6.07, 6.45) is 1.48. The molecule has 0 unspecified atom stereocenters. The number of fused-ring (bicyclic) bond motifs is 1. The first-order chi connectivity index (χ1) is 9.65. The number of hydrogen-bond donors (Lipinski definition) is 0. The molecule has 3 rings (SSSR count). The zero-order valence-electron chi connectivity index (χ0n) is 10.6. The van der Waals surface area contributed by atoms with Crippen molar-refractivity contribution in [3.8, 4) is 0 Å². The van der Waals surface area contributed by atoms with E-state index in [-0.39, 0.29) is 5.56 Å². The van der Waals surface area contributed by atoms with Crippen molar-refractivity contribution in [2.45, 2.75) is 6.92 Å². The first kappa shape index (κ1) is 12.8. The van der Waals surface area contributed by atoms with Gasteiger partial charge in [-0.1, -0.05) is 12.1 Å². The standard InChI is InChI=1S/C14H10BrN3O2/c1-9-17-12-5-3-2-4-11(12)14(19)18(9)16-8-10-6-7-13(15)20-10/h2-8H,1H3/b16-8+. The molecular formula is C14H10BrN3O2. The second-order valence-electron chi connectivity index (χ2n) is 4.18. The van der Waals surface area contributed by atoms with Gasteiger partial charge in [-0.25, -0.2) is 4.98 Å². The third-order valence-electron chi connectivity index (χ3n) is 2.81. The third kappa shape index (κ3) is 2.30. The van der Waals surface area contributed by atoms with E-state index in [1.165, 1.54) is 10.9 Å². The SMILES string of the molecule is Cc1nc2ccccc2c(=O)n1/N=C/c1ccc(Br)o1. The van der Waals surface area contributed by atoms with E-state index in [0.717, 1.165) is 0 Å². The molecule has 100 valence electrons. The Kier molecular flexibility index (Phi) is 3.23. The molecule has 3 aromatic rings. The molecule has 0 bridgehead atoms. The molecule has 5 nitrogen and oxygen atoms in total. The number of rotatable bonds is 2. The molecule has 2 heterocycles. The maximum atomic E-state index is 12.3. The molecule has 6 heteroatoms. The molecule has 2 aromatic heterocycles. The highest BCUT2D eigenvalue weighted by Crippen LogP contribution is 2.12. The van der Waals surface area contributed by atoms with Crippen LogP contribution in [0.1, 0.15) is 11.6 Å². The fourth-order valence-electron chi connectivity index (χ4n) is 1.88. The first-order valence-corrected chi connectivity index (χ1v) is 6.72. The van der Waals surface area contributed by atoms with E-state index in [1.54, 1.807) is 37.3 Å². The number of furan rings is 1. The minimum Gasteiger partial charge on any atom is -0.448 e. The van der Waals surface area contributed by atoms with Gasteiger partial charge < -0.3 is 4.42 Å². The van der Waals surface area contributed by atoms with E-state index >= 15 is 0 Å². The van der Waals surface area contributed by atoms with Gasteiger partial charge in [0.1, 0.15) is 11.6 Å². The van der Waals surface area contributed by atoms with Gasteiger partial charge in [-0.15, -0.1) is 0 Å². The monoisotopic (exact) mass is 331 g/mol. The Bertz CT molecular complexity index is 864. The molecule has 1 aromatic carbocycles. The van der Waals surface area contributed by atoms with Gasteiger partial charge in [0.05, 0.1) is 17.1 Å². The van der Waals surface area contributed by atoms with Crippen LogP contribution in [0, 0.1) is 6.92 Å². The van der Waals surface area contributed by atoms with E-state index in [9.17, 15) is 4.79 Å². The van der Waals surface area contributed by atoms with Gasteiger partial charge in [-0.3, -0.25) is 4.79 Å². The summed E-state index contributed by atoms with van der Waals surface area (Å²) >= 11 is 3.21. The highest BCUT2D eigenvalue weighted by molar-refractivity contribution is 9.10. The van der Waals surface area contributed by atoms with Crippen molar-refractivity contribution < 1.29 is 4.42 Å². The number of nitrogens with zero attached hydrogens (tertiary/aromatic N) is 3. The lowest BCUT2D eigenvalue weighted by atomic mass is 10.2. The number of aryl methyl sites for hydroxylation is 1. The highest BCUT2D eigenvalue weighted by atomic mass is 79.9. The minimum atomic E-state index is -0.199. The molecule has 0 N–H and O–H groups in total. The predicted molar refractivity (Wildman–Crippen MR) is 80.1 cm³/mol. The average Bonchev–Trinajstić information content (AvgIpc) is 2.84. The van der Waals surface area contributed by atoms with E-state index in [2.05, 4.69) is 26.0 Å². The molecule has 0 aliphatic rings. The number of aromatic nitrogens is 2. The van der Waals surface area contributed by atoms with Crippen molar-refractivity contribution in [3.05, 3.63) is 63.0 Å².